The minimum absolute atomic E-state index is 0.101. The number of anilines is 1. The fourth-order valence-electron chi connectivity index (χ4n) is 3.75. The number of hydrogen-bond acceptors (Lipinski definition) is 8. The van der Waals surface area contributed by atoms with E-state index in [1.807, 2.05) is 0 Å². The van der Waals surface area contributed by atoms with Crippen LogP contribution in [0.15, 0.2) is 18.2 Å². The first kappa shape index (κ1) is 17.2. The summed E-state index contributed by atoms with van der Waals surface area (Å²) in [4.78, 5) is 15.2. The maximum Gasteiger partial charge on any atom is 0.255 e. The Kier molecular flexibility index (Phi) is 4.06. The Morgan fingerprint density at radius 1 is 1.21 bits per heavy atom. The van der Waals surface area contributed by atoms with Gasteiger partial charge >= 0.3 is 0 Å². The van der Waals surface area contributed by atoms with Crippen LogP contribution in [-0.2, 0) is 13.0 Å². The normalized spacial score (nSPS) is 15.5. The molecule has 1 N–H and O–H groups in total. The molecule has 0 atom stereocenters. The number of carbonyl (C=O) groups is 1. The third-order valence-electron chi connectivity index (χ3n) is 5.12. The molecule has 2 aromatic carbocycles. The maximum absolute atomic E-state index is 13.0. The Morgan fingerprint density at radius 3 is 2.89 bits per heavy atom. The lowest BCUT2D eigenvalue weighted by atomic mass is 9.95. The summed E-state index contributed by atoms with van der Waals surface area (Å²) in [6.45, 7) is 1.70. The van der Waals surface area contributed by atoms with Gasteiger partial charge in [0, 0.05) is 24.2 Å². The van der Waals surface area contributed by atoms with E-state index in [4.69, 9.17) is 14.2 Å². The highest BCUT2D eigenvalue weighted by Gasteiger charge is 2.33. The Morgan fingerprint density at radius 2 is 2.04 bits per heavy atom. The van der Waals surface area contributed by atoms with Gasteiger partial charge in [0.15, 0.2) is 11.5 Å². The van der Waals surface area contributed by atoms with Gasteiger partial charge in [-0.15, -0.1) is 0 Å². The van der Waals surface area contributed by atoms with Crippen LogP contribution in [0.5, 0.6) is 17.2 Å². The fraction of sp³-hybridized carbons (Fsp3) is 0.316. The van der Waals surface area contributed by atoms with Crippen LogP contribution in [0.25, 0.3) is 11.0 Å². The molecule has 0 saturated carbocycles. The van der Waals surface area contributed by atoms with Crippen LogP contribution >= 0.6 is 11.7 Å². The molecule has 0 aliphatic carbocycles. The molecule has 0 fully saturated rings. The van der Waals surface area contributed by atoms with E-state index in [-0.39, 0.29) is 12.7 Å². The van der Waals surface area contributed by atoms with Crippen molar-refractivity contribution in [3.05, 3.63) is 34.9 Å². The summed E-state index contributed by atoms with van der Waals surface area (Å²) in [6.07, 6.45) is 0.781. The number of rotatable bonds is 3. The Hall–Kier alpha value is -2.91. The summed E-state index contributed by atoms with van der Waals surface area (Å²) in [5.41, 5.74) is 4.73. The number of nitrogens with one attached hydrogen (secondary N) is 1. The number of carbonyl (C=O) groups excluding carboxylic acids is 1. The lowest BCUT2D eigenvalue weighted by Gasteiger charge is -2.29. The molecule has 0 radical (unpaired) electrons. The fourth-order valence-corrected chi connectivity index (χ4v) is 4.26. The third kappa shape index (κ3) is 2.66. The predicted octanol–water partition coefficient (Wildman–Crippen LogP) is 2.67. The molecule has 3 aromatic rings. The van der Waals surface area contributed by atoms with E-state index in [1.165, 1.54) is 0 Å². The first-order valence-corrected chi connectivity index (χ1v) is 9.62. The smallest absolute Gasteiger partial charge is 0.255 e. The minimum Gasteiger partial charge on any atom is -0.492 e. The minimum atomic E-state index is -0.223. The van der Waals surface area contributed by atoms with Crippen molar-refractivity contribution < 1.29 is 19.0 Å². The molecule has 8 nitrogen and oxygen atoms in total. The van der Waals surface area contributed by atoms with E-state index in [9.17, 15) is 4.79 Å². The summed E-state index contributed by atoms with van der Waals surface area (Å²) in [5.74, 6) is 1.54. The molecule has 1 amide bonds. The zero-order valence-electron chi connectivity index (χ0n) is 15.4. The monoisotopic (exact) mass is 398 g/mol. The van der Waals surface area contributed by atoms with Gasteiger partial charge in [-0.05, 0) is 37.2 Å². The molecule has 0 unspecified atom stereocenters. The van der Waals surface area contributed by atoms with E-state index in [0.717, 1.165) is 41.3 Å². The highest BCUT2D eigenvalue weighted by atomic mass is 32.1. The molecule has 0 bridgehead atoms. The van der Waals surface area contributed by atoms with E-state index >= 15 is 0 Å². The van der Waals surface area contributed by atoms with Gasteiger partial charge in [-0.25, -0.2) is 0 Å². The van der Waals surface area contributed by atoms with Gasteiger partial charge < -0.3 is 24.4 Å². The average Bonchev–Trinajstić information content (AvgIpc) is 3.36. The van der Waals surface area contributed by atoms with E-state index in [2.05, 4.69) is 26.0 Å². The molecule has 2 aliphatic rings. The second-order valence-corrected chi connectivity index (χ2v) is 7.37. The number of benzene rings is 2. The zero-order valence-corrected chi connectivity index (χ0v) is 16.3. The molecule has 3 heterocycles. The van der Waals surface area contributed by atoms with Crippen LogP contribution in [0.1, 0.15) is 21.5 Å². The second kappa shape index (κ2) is 6.61. The Bertz CT molecular complexity index is 1100. The number of ether oxygens (including phenoxy) is 3. The molecule has 0 saturated heterocycles. The number of nitrogens with zero attached hydrogens (tertiary/aromatic N) is 3. The first-order chi connectivity index (χ1) is 13.7. The van der Waals surface area contributed by atoms with Crippen LogP contribution in [-0.4, -0.2) is 47.0 Å². The zero-order chi connectivity index (χ0) is 19.3. The van der Waals surface area contributed by atoms with Crippen molar-refractivity contribution in [3.8, 4) is 17.2 Å². The molecule has 5 rings (SSSR count). The highest BCUT2D eigenvalue weighted by molar-refractivity contribution is 7.00. The van der Waals surface area contributed by atoms with Crippen LogP contribution in [0.4, 0.5) is 5.69 Å². The highest BCUT2D eigenvalue weighted by Crippen LogP contribution is 2.52. The third-order valence-corrected chi connectivity index (χ3v) is 5.67. The summed E-state index contributed by atoms with van der Waals surface area (Å²) < 4.78 is 25.4. The van der Waals surface area contributed by atoms with Crippen molar-refractivity contribution in [1.29, 1.82) is 0 Å². The van der Waals surface area contributed by atoms with Crippen molar-refractivity contribution in [2.45, 2.75) is 13.0 Å². The number of methoxy groups -OCH3 is 1. The van der Waals surface area contributed by atoms with E-state index in [0.29, 0.717) is 40.6 Å². The lowest BCUT2D eigenvalue weighted by molar-refractivity contribution is 0.102. The van der Waals surface area contributed by atoms with Crippen LogP contribution in [0.2, 0.25) is 0 Å². The summed E-state index contributed by atoms with van der Waals surface area (Å²) in [5, 5.41) is 3.05. The van der Waals surface area contributed by atoms with E-state index in [1.54, 1.807) is 25.3 Å². The van der Waals surface area contributed by atoms with Crippen LogP contribution < -0.4 is 19.5 Å². The maximum atomic E-state index is 13.0. The molecule has 0 spiro atoms. The summed E-state index contributed by atoms with van der Waals surface area (Å²) >= 11 is 1.13. The largest absolute Gasteiger partial charge is 0.492 e. The van der Waals surface area contributed by atoms with Gasteiger partial charge in [0.05, 0.1) is 24.5 Å². The SMILES string of the molecule is COc1c2c(c(NC(=O)c3ccc4nsnc4c3)c3c1OCO3)CCN(C)C2. The quantitative estimate of drug-likeness (QED) is 0.726. The van der Waals surface area contributed by atoms with Crippen molar-refractivity contribution in [2.75, 3.05) is 32.8 Å². The number of aromatic nitrogens is 2. The van der Waals surface area contributed by atoms with Crippen LogP contribution in [0.3, 0.4) is 0 Å². The van der Waals surface area contributed by atoms with Gasteiger partial charge in [-0.1, -0.05) is 0 Å². The van der Waals surface area contributed by atoms with Crippen molar-refractivity contribution in [3.63, 3.8) is 0 Å². The van der Waals surface area contributed by atoms with E-state index < -0.39 is 0 Å². The Labute approximate surface area is 165 Å². The van der Waals surface area contributed by atoms with Gasteiger partial charge in [-0.3, -0.25) is 4.79 Å². The van der Waals surface area contributed by atoms with Crippen molar-refractivity contribution in [1.82, 2.24) is 13.6 Å². The molecule has 144 valence electrons. The second-order valence-electron chi connectivity index (χ2n) is 6.84. The molecule has 28 heavy (non-hydrogen) atoms. The predicted molar refractivity (Wildman–Crippen MR) is 105 cm³/mol. The molecule has 1 aromatic heterocycles. The van der Waals surface area contributed by atoms with Gasteiger partial charge in [-0.2, -0.15) is 8.75 Å². The first-order valence-electron chi connectivity index (χ1n) is 8.89. The van der Waals surface area contributed by atoms with Gasteiger partial charge in [0.25, 0.3) is 5.91 Å². The topological polar surface area (TPSA) is 85.8 Å². The summed E-state index contributed by atoms with van der Waals surface area (Å²) in [6, 6.07) is 5.30. The lowest BCUT2D eigenvalue weighted by Crippen LogP contribution is -2.28. The average molecular weight is 398 g/mol. The number of likely N-dealkylation sites (N-methyl/N-ethyl adjacent to an activating group) is 1. The van der Waals surface area contributed by atoms with Gasteiger partial charge in [0.2, 0.25) is 12.5 Å². The molecular formula is C19H18N4O4S. The van der Waals surface area contributed by atoms with Crippen LogP contribution in [0, 0.1) is 0 Å². The number of amides is 1. The number of hydrogen-bond donors (Lipinski definition) is 1. The summed E-state index contributed by atoms with van der Waals surface area (Å²) in [7, 11) is 3.68. The van der Waals surface area contributed by atoms with Gasteiger partial charge in [0.1, 0.15) is 11.0 Å². The molecule has 2 aliphatic heterocycles. The molecular weight excluding hydrogens is 380 g/mol. The van der Waals surface area contributed by atoms with Crippen molar-refractivity contribution in [2.24, 2.45) is 0 Å². The Balaban J connectivity index is 1.58. The standard InChI is InChI=1S/C19H18N4O4S/c1-23-6-5-11-12(8-23)16(25-2)18-17(26-9-27-18)15(11)20-19(24)10-3-4-13-14(7-10)22-28-21-13/h3-4,7H,5-6,8-9H2,1-2H3,(H,20,24). The molecule has 9 heteroatoms. The number of fused-ring (bicyclic) bond motifs is 3. The van der Waals surface area contributed by atoms with Crippen molar-refractivity contribution >= 4 is 34.4 Å².